The number of carbonyl (C=O) groups is 1. The molecule has 0 unspecified atom stereocenters. The number of anilines is 1. The van der Waals surface area contributed by atoms with Gasteiger partial charge < -0.3 is 5.32 Å². The molecule has 146 valence electrons. The highest BCUT2D eigenvalue weighted by atomic mass is 32.2. The molecule has 6 nitrogen and oxygen atoms in total. The minimum Gasteiger partial charge on any atom is -0.321 e. The van der Waals surface area contributed by atoms with Crippen molar-refractivity contribution >= 4 is 56.1 Å². The molecule has 10 heteroatoms. The SMILES string of the molecule is O=C(Nc1cccc(-c2nccs2)c1)c1sccc1S(=O)(=O)N1CCSCC1. The lowest BCUT2D eigenvalue weighted by Crippen LogP contribution is -2.38. The number of hydrogen-bond acceptors (Lipinski definition) is 7. The molecule has 1 amide bonds. The summed E-state index contributed by atoms with van der Waals surface area (Å²) in [6, 6.07) is 8.88. The van der Waals surface area contributed by atoms with E-state index >= 15 is 0 Å². The molecule has 1 fully saturated rings. The Hall–Kier alpha value is -1.72. The molecule has 0 bridgehead atoms. The lowest BCUT2D eigenvalue weighted by atomic mass is 10.2. The van der Waals surface area contributed by atoms with Gasteiger partial charge in [0.25, 0.3) is 5.91 Å². The average Bonchev–Trinajstić information content (AvgIpc) is 3.41. The van der Waals surface area contributed by atoms with Crippen molar-refractivity contribution in [1.82, 2.24) is 9.29 Å². The van der Waals surface area contributed by atoms with Gasteiger partial charge in [-0.2, -0.15) is 16.1 Å². The van der Waals surface area contributed by atoms with Crippen LogP contribution in [0.4, 0.5) is 5.69 Å². The Morgan fingerprint density at radius 1 is 1.11 bits per heavy atom. The van der Waals surface area contributed by atoms with Gasteiger partial charge in [-0.25, -0.2) is 13.4 Å². The van der Waals surface area contributed by atoms with Gasteiger partial charge in [-0.3, -0.25) is 4.79 Å². The molecule has 0 aliphatic carbocycles. The number of thioether (sulfide) groups is 1. The fourth-order valence-corrected chi connectivity index (χ4v) is 7.38. The van der Waals surface area contributed by atoms with E-state index < -0.39 is 15.9 Å². The van der Waals surface area contributed by atoms with Crippen molar-refractivity contribution < 1.29 is 13.2 Å². The third-order valence-electron chi connectivity index (χ3n) is 4.22. The Balaban J connectivity index is 1.57. The lowest BCUT2D eigenvalue weighted by Gasteiger charge is -2.25. The molecule has 1 N–H and O–H groups in total. The van der Waals surface area contributed by atoms with E-state index in [-0.39, 0.29) is 9.77 Å². The maximum absolute atomic E-state index is 13.0. The number of amides is 1. The van der Waals surface area contributed by atoms with E-state index in [9.17, 15) is 13.2 Å². The third kappa shape index (κ3) is 4.01. The van der Waals surface area contributed by atoms with E-state index in [2.05, 4.69) is 10.3 Å². The van der Waals surface area contributed by atoms with Crippen molar-refractivity contribution in [3.05, 3.63) is 52.2 Å². The van der Waals surface area contributed by atoms with E-state index in [1.54, 1.807) is 29.4 Å². The standard InChI is InChI=1S/C18H17N3O3S4/c22-17(20-14-3-1-2-13(12-14)18-19-5-9-27-18)16-15(4-8-26-16)28(23,24)21-6-10-25-11-7-21/h1-5,8-9,12H,6-7,10-11H2,(H,20,22). The zero-order valence-electron chi connectivity index (χ0n) is 14.7. The average molecular weight is 452 g/mol. The Labute approximate surface area is 175 Å². The smallest absolute Gasteiger partial charge is 0.267 e. The van der Waals surface area contributed by atoms with Gasteiger partial charge >= 0.3 is 0 Å². The van der Waals surface area contributed by atoms with Gasteiger partial charge in [-0.1, -0.05) is 12.1 Å². The highest BCUT2D eigenvalue weighted by Gasteiger charge is 2.31. The Morgan fingerprint density at radius 2 is 1.93 bits per heavy atom. The fourth-order valence-electron chi connectivity index (χ4n) is 2.88. The van der Waals surface area contributed by atoms with Crippen LogP contribution in [0.15, 0.2) is 52.2 Å². The van der Waals surface area contributed by atoms with Crippen LogP contribution in [0, 0.1) is 0 Å². The van der Waals surface area contributed by atoms with Crippen molar-refractivity contribution in [1.29, 1.82) is 0 Å². The number of benzene rings is 1. The summed E-state index contributed by atoms with van der Waals surface area (Å²) in [6.45, 7) is 0.944. The predicted molar refractivity (Wildman–Crippen MR) is 116 cm³/mol. The third-order valence-corrected chi connectivity index (χ3v) is 8.97. The minimum absolute atomic E-state index is 0.0815. The van der Waals surface area contributed by atoms with Crippen molar-refractivity contribution in [2.45, 2.75) is 4.90 Å². The summed E-state index contributed by atoms with van der Waals surface area (Å²) in [5.74, 6) is 1.12. The minimum atomic E-state index is -3.67. The van der Waals surface area contributed by atoms with Crippen LogP contribution in [0.1, 0.15) is 9.67 Å². The zero-order chi connectivity index (χ0) is 19.6. The molecular weight excluding hydrogens is 434 g/mol. The van der Waals surface area contributed by atoms with Crippen molar-refractivity contribution in [3.63, 3.8) is 0 Å². The molecule has 3 heterocycles. The summed E-state index contributed by atoms with van der Waals surface area (Å²) < 4.78 is 27.4. The van der Waals surface area contributed by atoms with Crippen LogP contribution in [0.5, 0.6) is 0 Å². The van der Waals surface area contributed by atoms with E-state index in [4.69, 9.17) is 0 Å². The molecular formula is C18H17N3O3S4. The molecule has 0 radical (unpaired) electrons. The van der Waals surface area contributed by atoms with Crippen LogP contribution in [0.3, 0.4) is 0 Å². The van der Waals surface area contributed by atoms with Gasteiger partial charge in [0, 0.05) is 47.4 Å². The number of sulfonamides is 1. The number of thiophene rings is 1. The van der Waals surface area contributed by atoms with Gasteiger partial charge in [0.2, 0.25) is 10.0 Å². The second-order valence-electron chi connectivity index (χ2n) is 6.00. The Morgan fingerprint density at radius 3 is 2.68 bits per heavy atom. The van der Waals surface area contributed by atoms with Crippen molar-refractivity contribution in [3.8, 4) is 10.6 Å². The monoisotopic (exact) mass is 451 g/mol. The highest BCUT2D eigenvalue weighted by Crippen LogP contribution is 2.29. The summed E-state index contributed by atoms with van der Waals surface area (Å²) in [5.41, 5.74) is 1.50. The first kappa shape index (κ1) is 19.6. The molecule has 1 aliphatic heterocycles. The van der Waals surface area contributed by atoms with Crippen LogP contribution in [0.2, 0.25) is 0 Å². The quantitative estimate of drug-likeness (QED) is 0.637. The number of aromatic nitrogens is 1. The molecule has 0 atom stereocenters. The Bertz CT molecular complexity index is 1070. The topological polar surface area (TPSA) is 79.4 Å². The first-order valence-electron chi connectivity index (χ1n) is 8.52. The normalized spacial score (nSPS) is 15.4. The zero-order valence-corrected chi connectivity index (χ0v) is 18.0. The maximum Gasteiger partial charge on any atom is 0.267 e. The maximum atomic E-state index is 13.0. The molecule has 3 aromatic rings. The summed E-state index contributed by atoms with van der Waals surface area (Å²) >= 11 is 4.39. The summed E-state index contributed by atoms with van der Waals surface area (Å²) in [7, 11) is -3.67. The molecule has 1 aliphatic rings. The number of thiazole rings is 1. The molecule has 28 heavy (non-hydrogen) atoms. The molecule has 1 aromatic carbocycles. The predicted octanol–water partition coefficient (Wildman–Crippen LogP) is 3.86. The van der Waals surface area contributed by atoms with Gasteiger partial charge in [-0.05, 0) is 23.6 Å². The van der Waals surface area contributed by atoms with E-state index in [1.165, 1.54) is 21.7 Å². The van der Waals surface area contributed by atoms with Crippen LogP contribution >= 0.6 is 34.4 Å². The first-order chi connectivity index (χ1) is 13.6. The van der Waals surface area contributed by atoms with Gasteiger partial charge in [0.15, 0.2) is 0 Å². The van der Waals surface area contributed by atoms with Gasteiger partial charge in [-0.15, -0.1) is 22.7 Å². The van der Waals surface area contributed by atoms with E-state index in [0.717, 1.165) is 33.4 Å². The van der Waals surface area contributed by atoms with Crippen molar-refractivity contribution in [2.24, 2.45) is 0 Å². The number of hydrogen-bond donors (Lipinski definition) is 1. The van der Waals surface area contributed by atoms with Crippen LogP contribution < -0.4 is 5.32 Å². The summed E-state index contributed by atoms with van der Waals surface area (Å²) in [4.78, 5) is 17.4. The summed E-state index contributed by atoms with van der Waals surface area (Å²) in [5, 5.41) is 7.22. The van der Waals surface area contributed by atoms with Crippen molar-refractivity contribution in [2.75, 3.05) is 29.9 Å². The molecule has 0 spiro atoms. The molecule has 1 saturated heterocycles. The number of nitrogens with one attached hydrogen (secondary N) is 1. The number of rotatable bonds is 5. The highest BCUT2D eigenvalue weighted by molar-refractivity contribution is 7.99. The Kier molecular flexibility index (Phi) is 5.83. The lowest BCUT2D eigenvalue weighted by molar-refractivity contribution is 0.102. The number of carbonyl (C=O) groups excluding carboxylic acids is 1. The van der Waals surface area contributed by atoms with Gasteiger partial charge in [0.05, 0.1) is 0 Å². The second-order valence-corrected chi connectivity index (χ2v) is 10.9. The molecule has 0 saturated carbocycles. The fraction of sp³-hybridized carbons (Fsp3) is 0.222. The molecule has 4 rings (SSSR count). The molecule has 2 aromatic heterocycles. The largest absolute Gasteiger partial charge is 0.321 e. The van der Waals surface area contributed by atoms with E-state index in [1.807, 2.05) is 23.6 Å². The van der Waals surface area contributed by atoms with Gasteiger partial charge in [0.1, 0.15) is 14.8 Å². The van der Waals surface area contributed by atoms with Crippen LogP contribution in [-0.4, -0.2) is 48.2 Å². The van der Waals surface area contributed by atoms with Crippen LogP contribution in [-0.2, 0) is 10.0 Å². The van der Waals surface area contributed by atoms with E-state index in [0.29, 0.717) is 18.8 Å². The second kappa shape index (κ2) is 8.34. The van der Waals surface area contributed by atoms with Crippen LogP contribution in [0.25, 0.3) is 10.6 Å². The first-order valence-corrected chi connectivity index (χ1v) is 12.9. The number of nitrogens with zero attached hydrogens (tertiary/aromatic N) is 2. The summed E-state index contributed by atoms with van der Waals surface area (Å²) in [6.07, 6.45) is 1.73.